The van der Waals surface area contributed by atoms with Crippen LogP contribution in [0.5, 0.6) is 0 Å². The second kappa shape index (κ2) is 3.69. The number of nitrogens with zero attached hydrogens (tertiary/aromatic N) is 1. The molecule has 1 N–H and O–H groups in total. The van der Waals surface area contributed by atoms with E-state index < -0.39 is 0 Å². The summed E-state index contributed by atoms with van der Waals surface area (Å²) in [6.45, 7) is 3.86. The van der Waals surface area contributed by atoms with Gasteiger partial charge in [0, 0.05) is 30.4 Å². The molecule has 14 heavy (non-hydrogen) atoms. The molecule has 0 aliphatic carbocycles. The van der Waals surface area contributed by atoms with Gasteiger partial charge in [0.1, 0.15) is 0 Å². The van der Waals surface area contributed by atoms with E-state index in [1.807, 2.05) is 0 Å². The van der Waals surface area contributed by atoms with E-state index in [9.17, 15) is 0 Å². The van der Waals surface area contributed by atoms with Crippen molar-refractivity contribution in [1.29, 1.82) is 0 Å². The van der Waals surface area contributed by atoms with E-state index in [1.54, 1.807) is 0 Å². The zero-order valence-electron chi connectivity index (χ0n) is 8.80. The van der Waals surface area contributed by atoms with Crippen molar-refractivity contribution in [2.45, 2.75) is 37.3 Å². The highest BCUT2D eigenvalue weighted by atomic mass is 32.2. The average Bonchev–Trinajstić information content (AvgIpc) is 2.69. The summed E-state index contributed by atoms with van der Waals surface area (Å²) in [6, 6.07) is 0.863. The van der Waals surface area contributed by atoms with Crippen molar-refractivity contribution in [1.82, 2.24) is 10.2 Å². The third-order valence-corrected chi connectivity index (χ3v) is 5.44. The molecule has 0 bridgehead atoms. The second-order valence-electron chi connectivity index (χ2n) is 5.00. The van der Waals surface area contributed by atoms with Crippen LogP contribution >= 0.6 is 11.8 Å². The fourth-order valence-corrected chi connectivity index (χ4v) is 4.73. The Morgan fingerprint density at radius 2 is 2.36 bits per heavy atom. The maximum absolute atomic E-state index is 3.66. The predicted octanol–water partition coefficient (Wildman–Crippen LogP) is 1.32. The monoisotopic (exact) mass is 212 g/mol. The highest BCUT2D eigenvalue weighted by Crippen LogP contribution is 2.38. The molecule has 0 saturated carbocycles. The van der Waals surface area contributed by atoms with Gasteiger partial charge in [0.25, 0.3) is 0 Å². The van der Waals surface area contributed by atoms with E-state index in [0.29, 0.717) is 5.54 Å². The summed E-state index contributed by atoms with van der Waals surface area (Å²) in [6.07, 6.45) is 5.72. The number of piperazine rings is 1. The largest absolute Gasteiger partial charge is 0.313 e. The first-order valence-corrected chi connectivity index (χ1v) is 7.11. The van der Waals surface area contributed by atoms with E-state index >= 15 is 0 Å². The molecule has 0 aromatic heterocycles. The maximum atomic E-state index is 3.66. The van der Waals surface area contributed by atoms with Gasteiger partial charge in [-0.25, -0.2) is 0 Å². The summed E-state index contributed by atoms with van der Waals surface area (Å²) in [4.78, 5) is 2.84. The summed E-state index contributed by atoms with van der Waals surface area (Å²) >= 11 is 2.17. The van der Waals surface area contributed by atoms with Crippen molar-refractivity contribution in [3.05, 3.63) is 0 Å². The van der Waals surface area contributed by atoms with Crippen molar-refractivity contribution >= 4 is 11.8 Å². The van der Waals surface area contributed by atoms with Crippen molar-refractivity contribution in [2.75, 3.05) is 31.1 Å². The van der Waals surface area contributed by atoms with Gasteiger partial charge < -0.3 is 5.32 Å². The SMILES string of the molecule is C1C[C@H]2CNCC3(CCCSC3)N2C1. The van der Waals surface area contributed by atoms with Gasteiger partial charge in [-0.2, -0.15) is 11.8 Å². The first-order valence-electron chi connectivity index (χ1n) is 5.96. The third kappa shape index (κ3) is 1.41. The van der Waals surface area contributed by atoms with Gasteiger partial charge >= 0.3 is 0 Å². The number of rotatable bonds is 0. The van der Waals surface area contributed by atoms with Crippen LogP contribution in [0.2, 0.25) is 0 Å². The number of hydrogen-bond donors (Lipinski definition) is 1. The van der Waals surface area contributed by atoms with Crippen LogP contribution in [0, 0.1) is 0 Å². The Kier molecular flexibility index (Phi) is 2.50. The van der Waals surface area contributed by atoms with Gasteiger partial charge in [-0.3, -0.25) is 4.90 Å². The van der Waals surface area contributed by atoms with Crippen molar-refractivity contribution in [2.24, 2.45) is 0 Å². The molecular weight excluding hydrogens is 192 g/mol. The maximum Gasteiger partial charge on any atom is 0.0427 e. The molecule has 80 valence electrons. The van der Waals surface area contributed by atoms with Gasteiger partial charge in [0.15, 0.2) is 0 Å². The van der Waals surface area contributed by atoms with Crippen molar-refractivity contribution in [3.63, 3.8) is 0 Å². The second-order valence-corrected chi connectivity index (χ2v) is 6.11. The fraction of sp³-hybridized carbons (Fsp3) is 1.00. The molecule has 0 radical (unpaired) electrons. The topological polar surface area (TPSA) is 15.3 Å². The quantitative estimate of drug-likeness (QED) is 0.652. The van der Waals surface area contributed by atoms with Crippen LogP contribution < -0.4 is 5.32 Å². The van der Waals surface area contributed by atoms with Crippen molar-refractivity contribution < 1.29 is 0 Å². The van der Waals surface area contributed by atoms with Gasteiger partial charge in [0.2, 0.25) is 0 Å². The molecule has 3 saturated heterocycles. The lowest BCUT2D eigenvalue weighted by Gasteiger charge is -2.50. The minimum atomic E-state index is 0.544. The Morgan fingerprint density at radius 1 is 1.36 bits per heavy atom. The number of hydrogen-bond acceptors (Lipinski definition) is 3. The molecular formula is C11H20N2S. The first kappa shape index (κ1) is 9.49. The standard InChI is InChI=1S/C11H20N2S/c1-3-10-7-12-8-11(13(10)5-1)4-2-6-14-9-11/h10,12H,1-9H2/t10-,11?/m0/s1. The Bertz CT molecular complexity index is 208. The Hall–Kier alpha value is 0.270. The van der Waals surface area contributed by atoms with Crippen LogP contribution in [0.25, 0.3) is 0 Å². The molecule has 2 nitrogen and oxygen atoms in total. The molecule has 1 spiro atoms. The molecule has 3 aliphatic heterocycles. The van der Waals surface area contributed by atoms with Crippen LogP contribution in [-0.4, -0.2) is 47.6 Å². The van der Waals surface area contributed by atoms with Crippen LogP contribution in [0.1, 0.15) is 25.7 Å². The lowest BCUT2D eigenvalue weighted by molar-refractivity contribution is 0.0507. The molecule has 1 unspecified atom stereocenters. The minimum absolute atomic E-state index is 0.544. The number of thioether (sulfide) groups is 1. The first-order chi connectivity index (χ1) is 6.91. The summed E-state index contributed by atoms with van der Waals surface area (Å²) in [7, 11) is 0. The molecule has 0 amide bonds. The summed E-state index contributed by atoms with van der Waals surface area (Å²) in [5.74, 6) is 2.76. The zero-order chi connectivity index (χ0) is 9.43. The Morgan fingerprint density at radius 3 is 3.21 bits per heavy atom. The molecule has 2 atom stereocenters. The van der Waals surface area contributed by atoms with Gasteiger partial charge in [0.05, 0.1) is 0 Å². The zero-order valence-corrected chi connectivity index (χ0v) is 9.61. The molecule has 3 aliphatic rings. The third-order valence-electron chi connectivity index (χ3n) is 4.12. The van der Waals surface area contributed by atoms with Gasteiger partial charge in [-0.15, -0.1) is 0 Å². The molecule has 0 aromatic rings. The van der Waals surface area contributed by atoms with Crippen LogP contribution in [0.15, 0.2) is 0 Å². The van der Waals surface area contributed by atoms with E-state index in [0.717, 1.165) is 6.04 Å². The van der Waals surface area contributed by atoms with E-state index in [4.69, 9.17) is 0 Å². The van der Waals surface area contributed by atoms with E-state index in [-0.39, 0.29) is 0 Å². The molecule has 0 aromatic carbocycles. The number of nitrogens with one attached hydrogen (secondary N) is 1. The average molecular weight is 212 g/mol. The van der Waals surface area contributed by atoms with Crippen LogP contribution in [0.3, 0.4) is 0 Å². The highest BCUT2D eigenvalue weighted by molar-refractivity contribution is 7.99. The van der Waals surface area contributed by atoms with Crippen LogP contribution in [0.4, 0.5) is 0 Å². The fourth-order valence-electron chi connectivity index (χ4n) is 3.45. The molecule has 3 rings (SSSR count). The van der Waals surface area contributed by atoms with E-state index in [1.165, 1.54) is 56.8 Å². The number of fused-ring (bicyclic) bond motifs is 2. The Labute approximate surface area is 90.8 Å². The Balaban J connectivity index is 1.81. The van der Waals surface area contributed by atoms with Gasteiger partial charge in [-0.05, 0) is 38.0 Å². The minimum Gasteiger partial charge on any atom is -0.313 e. The summed E-state index contributed by atoms with van der Waals surface area (Å²) in [5, 5.41) is 3.66. The summed E-state index contributed by atoms with van der Waals surface area (Å²) < 4.78 is 0. The molecule has 3 heteroatoms. The summed E-state index contributed by atoms with van der Waals surface area (Å²) in [5.41, 5.74) is 0.544. The van der Waals surface area contributed by atoms with Crippen LogP contribution in [-0.2, 0) is 0 Å². The molecule has 3 fully saturated rings. The predicted molar refractivity (Wildman–Crippen MR) is 61.9 cm³/mol. The highest BCUT2D eigenvalue weighted by Gasteiger charge is 2.45. The lowest BCUT2D eigenvalue weighted by atomic mass is 9.90. The normalized spacial score (nSPS) is 44.1. The lowest BCUT2D eigenvalue weighted by Crippen LogP contribution is -2.65. The van der Waals surface area contributed by atoms with Gasteiger partial charge in [-0.1, -0.05) is 0 Å². The van der Waals surface area contributed by atoms with Crippen molar-refractivity contribution in [3.8, 4) is 0 Å². The smallest absolute Gasteiger partial charge is 0.0427 e. The molecule has 3 heterocycles. The van der Waals surface area contributed by atoms with E-state index in [2.05, 4.69) is 22.0 Å².